The summed E-state index contributed by atoms with van der Waals surface area (Å²) in [7, 11) is 0. The molecule has 0 spiro atoms. The fraction of sp³-hybridized carbons (Fsp3) is 0.0577. The quantitative estimate of drug-likeness (QED) is 0.177. The molecule has 1 aliphatic rings. The Hall–Kier alpha value is -6.75. The Morgan fingerprint density at radius 3 is 1.88 bits per heavy atom. The van der Waals surface area contributed by atoms with Crippen LogP contribution in [0.3, 0.4) is 0 Å². The van der Waals surface area contributed by atoms with Gasteiger partial charge in [0.15, 0.2) is 5.82 Å². The molecule has 0 bridgehead atoms. The molecule has 4 heteroatoms. The van der Waals surface area contributed by atoms with Gasteiger partial charge < -0.3 is 0 Å². The Balaban J connectivity index is 1.05. The van der Waals surface area contributed by atoms with Gasteiger partial charge >= 0.3 is 0 Å². The maximum Gasteiger partial charge on any atom is 0.160 e. The Bertz CT molecular complexity index is 3160. The van der Waals surface area contributed by atoms with Gasteiger partial charge in [0.25, 0.3) is 0 Å². The molecule has 264 valence electrons. The monoisotopic (exact) mass is 733 g/mol. The maximum atomic E-state index is 5.34. The van der Waals surface area contributed by atoms with Crippen LogP contribution in [-0.2, 0) is 5.41 Å². The first-order valence-corrected chi connectivity index (χ1v) is 19.9. The van der Waals surface area contributed by atoms with Crippen molar-refractivity contribution in [2.24, 2.45) is 0 Å². The van der Waals surface area contributed by atoms with Crippen molar-refractivity contribution in [3.8, 4) is 67.4 Å². The van der Waals surface area contributed by atoms with E-state index in [-0.39, 0.29) is 5.41 Å². The van der Waals surface area contributed by atoms with Gasteiger partial charge in [0.05, 0.1) is 27.3 Å². The summed E-state index contributed by atoms with van der Waals surface area (Å²) in [5, 5.41) is 3.60. The van der Waals surface area contributed by atoms with Crippen molar-refractivity contribution in [2.75, 3.05) is 0 Å². The third-order valence-electron chi connectivity index (χ3n) is 11.5. The van der Waals surface area contributed by atoms with E-state index in [1.165, 1.54) is 48.0 Å². The number of thiophene rings is 1. The first-order chi connectivity index (χ1) is 27.5. The SMILES string of the molecule is CC1(C)c2ccccc2-c2ccc(-c3nc(-c4ccc(-c5nc6c7ccccc7sc6c6ccccc56)cc4)cc(-c4cccc(-c5ccccc5)c4)n3)cc21. The standard InChI is InChI=1S/C52H35N3S/c1-52(2)43-21-10-8-17-38(43)39-28-27-37(30-44(39)52)51-53-45(31-46(54-51)36-16-12-15-35(29-36)32-13-4-3-5-14-32)33-23-25-34(26-24-33)48-40-18-6-7-19-41(40)50-49(55-48)42-20-9-11-22-47(42)56-50/h3-31H,1-2H3. The van der Waals surface area contributed by atoms with Crippen molar-refractivity contribution in [3.63, 3.8) is 0 Å². The third kappa shape index (κ3) is 5.21. The van der Waals surface area contributed by atoms with Gasteiger partial charge in [-0.2, -0.15) is 0 Å². The summed E-state index contributed by atoms with van der Waals surface area (Å²) < 4.78 is 2.49. The van der Waals surface area contributed by atoms with Crippen LogP contribution >= 0.6 is 11.3 Å². The molecule has 0 amide bonds. The molecule has 56 heavy (non-hydrogen) atoms. The smallest absolute Gasteiger partial charge is 0.160 e. The van der Waals surface area contributed by atoms with Crippen LogP contribution < -0.4 is 0 Å². The summed E-state index contributed by atoms with van der Waals surface area (Å²) in [6.45, 7) is 4.63. The van der Waals surface area contributed by atoms with Crippen molar-refractivity contribution in [3.05, 3.63) is 187 Å². The number of hydrogen-bond donors (Lipinski definition) is 0. The Labute approximate surface area is 329 Å². The van der Waals surface area contributed by atoms with Crippen molar-refractivity contribution >= 4 is 42.4 Å². The number of aromatic nitrogens is 3. The second-order valence-corrected chi connectivity index (χ2v) is 16.3. The van der Waals surface area contributed by atoms with Gasteiger partial charge in [0.1, 0.15) is 0 Å². The summed E-state index contributed by atoms with van der Waals surface area (Å²) in [5.74, 6) is 0.712. The van der Waals surface area contributed by atoms with Crippen LogP contribution in [0.25, 0.3) is 98.5 Å². The minimum Gasteiger partial charge on any atom is -0.246 e. The molecule has 0 radical (unpaired) electrons. The van der Waals surface area contributed by atoms with E-state index < -0.39 is 0 Å². The summed E-state index contributed by atoms with van der Waals surface area (Å²) >= 11 is 1.82. The lowest BCUT2D eigenvalue weighted by Gasteiger charge is -2.21. The van der Waals surface area contributed by atoms with Crippen molar-refractivity contribution in [1.29, 1.82) is 0 Å². The summed E-state index contributed by atoms with van der Waals surface area (Å²) in [5.41, 5.74) is 15.4. The summed E-state index contributed by atoms with van der Waals surface area (Å²) in [6, 6.07) is 62.8. The molecule has 3 heterocycles. The number of rotatable bonds is 5. The third-order valence-corrected chi connectivity index (χ3v) is 12.7. The van der Waals surface area contributed by atoms with E-state index in [4.69, 9.17) is 15.0 Å². The largest absolute Gasteiger partial charge is 0.246 e. The zero-order chi connectivity index (χ0) is 37.4. The minimum absolute atomic E-state index is 0.126. The predicted octanol–water partition coefficient (Wildman–Crippen LogP) is 14.0. The van der Waals surface area contributed by atoms with Crippen LogP contribution in [0.4, 0.5) is 0 Å². The molecule has 1 aliphatic carbocycles. The van der Waals surface area contributed by atoms with Crippen molar-refractivity contribution in [2.45, 2.75) is 19.3 Å². The molecule has 7 aromatic carbocycles. The molecule has 10 aromatic rings. The highest BCUT2D eigenvalue weighted by Gasteiger charge is 2.35. The molecular weight excluding hydrogens is 699 g/mol. The molecule has 3 aromatic heterocycles. The Morgan fingerprint density at radius 2 is 1.04 bits per heavy atom. The Kier molecular flexibility index (Phi) is 7.38. The van der Waals surface area contributed by atoms with Crippen LogP contribution in [0.5, 0.6) is 0 Å². The molecular formula is C52H35N3S. The molecule has 0 fully saturated rings. The lowest BCUT2D eigenvalue weighted by molar-refractivity contribution is 0.660. The molecule has 0 saturated heterocycles. The number of benzene rings is 7. The highest BCUT2D eigenvalue weighted by atomic mass is 32.1. The molecule has 0 atom stereocenters. The van der Waals surface area contributed by atoms with Crippen LogP contribution in [0, 0.1) is 0 Å². The topological polar surface area (TPSA) is 38.7 Å². The second-order valence-electron chi connectivity index (χ2n) is 15.2. The number of nitrogens with zero attached hydrogens (tertiary/aromatic N) is 3. The fourth-order valence-corrected chi connectivity index (χ4v) is 9.79. The second kappa shape index (κ2) is 12.7. The van der Waals surface area contributed by atoms with E-state index in [1.807, 2.05) is 11.3 Å². The zero-order valence-corrected chi connectivity index (χ0v) is 31.8. The van der Waals surface area contributed by atoms with E-state index >= 15 is 0 Å². The first kappa shape index (κ1) is 32.7. The van der Waals surface area contributed by atoms with Gasteiger partial charge in [0, 0.05) is 48.5 Å². The van der Waals surface area contributed by atoms with Crippen LogP contribution in [-0.4, -0.2) is 15.0 Å². The average molecular weight is 734 g/mol. The van der Waals surface area contributed by atoms with Crippen molar-refractivity contribution in [1.82, 2.24) is 15.0 Å². The zero-order valence-electron chi connectivity index (χ0n) is 31.0. The van der Waals surface area contributed by atoms with E-state index in [9.17, 15) is 0 Å². The van der Waals surface area contributed by atoms with Gasteiger partial charge in [-0.1, -0.05) is 166 Å². The molecule has 0 aliphatic heterocycles. The van der Waals surface area contributed by atoms with Gasteiger partial charge in [-0.05, 0) is 57.6 Å². The van der Waals surface area contributed by atoms with E-state index in [1.54, 1.807) is 0 Å². The normalized spacial score (nSPS) is 13.0. The predicted molar refractivity (Wildman–Crippen MR) is 235 cm³/mol. The maximum absolute atomic E-state index is 5.34. The summed E-state index contributed by atoms with van der Waals surface area (Å²) in [6.07, 6.45) is 0. The first-order valence-electron chi connectivity index (χ1n) is 19.1. The highest BCUT2D eigenvalue weighted by molar-refractivity contribution is 7.26. The minimum atomic E-state index is -0.126. The van der Waals surface area contributed by atoms with E-state index in [0.717, 1.165) is 55.8 Å². The number of pyridine rings is 1. The van der Waals surface area contributed by atoms with Gasteiger partial charge in [-0.15, -0.1) is 11.3 Å². The van der Waals surface area contributed by atoms with Gasteiger partial charge in [-0.3, -0.25) is 0 Å². The molecule has 3 nitrogen and oxygen atoms in total. The van der Waals surface area contributed by atoms with Gasteiger partial charge in [-0.25, -0.2) is 15.0 Å². The molecule has 0 saturated carbocycles. The lowest BCUT2D eigenvalue weighted by atomic mass is 9.82. The van der Waals surface area contributed by atoms with Crippen LogP contribution in [0.2, 0.25) is 0 Å². The number of fused-ring (bicyclic) bond motifs is 8. The van der Waals surface area contributed by atoms with Gasteiger partial charge in [0.2, 0.25) is 0 Å². The molecule has 11 rings (SSSR count). The van der Waals surface area contributed by atoms with E-state index in [0.29, 0.717) is 5.82 Å². The average Bonchev–Trinajstić information content (AvgIpc) is 3.75. The van der Waals surface area contributed by atoms with Crippen molar-refractivity contribution < 1.29 is 0 Å². The van der Waals surface area contributed by atoms with E-state index in [2.05, 4.69) is 190 Å². The Morgan fingerprint density at radius 1 is 0.411 bits per heavy atom. The lowest BCUT2D eigenvalue weighted by Crippen LogP contribution is -2.15. The van der Waals surface area contributed by atoms with Crippen LogP contribution in [0.15, 0.2) is 176 Å². The number of hydrogen-bond acceptors (Lipinski definition) is 4. The summed E-state index contributed by atoms with van der Waals surface area (Å²) in [4.78, 5) is 15.9. The molecule has 0 unspecified atom stereocenters. The molecule has 0 N–H and O–H groups in total. The fourth-order valence-electron chi connectivity index (χ4n) is 8.61. The van der Waals surface area contributed by atoms with Crippen LogP contribution in [0.1, 0.15) is 25.0 Å². The highest BCUT2D eigenvalue weighted by Crippen LogP contribution is 2.49.